The third-order valence-electron chi connectivity index (χ3n) is 3.89. The van der Waals surface area contributed by atoms with E-state index in [4.69, 9.17) is 9.47 Å². The fourth-order valence-electron chi connectivity index (χ4n) is 2.45. The van der Waals surface area contributed by atoms with Crippen molar-refractivity contribution < 1.29 is 38.1 Å². The zero-order chi connectivity index (χ0) is 21.6. The quantitative estimate of drug-likeness (QED) is 0.257. The van der Waals surface area contributed by atoms with Crippen LogP contribution in [0, 0.1) is 0 Å². The number of hydrogen-bond donors (Lipinski definition) is 5. The SMILES string of the molecule is COC(=O)C(CS)NC(=O)c1[nH]c(C(=O)NC(CS)C(=O)OC)c2c1OCCO2. The minimum Gasteiger partial charge on any atom is -0.484 e. The number of nitrogens with one attached hydrogen (secondary N) is 3. The molecular weight excluding hydrogens is 426 g/mol. The molecule has 0 fully saturated rings. The van der Waals surface area contributed by atoms with Crippen molar-refractivity contribution >= 4 is 49.0 Å². The van der Waals surface area contributed by atoms with E-state index < -0.39 is 35.8 Å². The Kier molecular flexibility index (Phi) is 8.08. The van der Waals surface area contributed by atoms with E-state index in [1.54, 1.807) is 0 Å². The molecule has 2 atom stereocenters. The Morgan fingerprint density at radius 2 is 1.28 bits per heavy atom. The summed E-state index contributed by atoms with van der Waals surface area (Å²) in [6.45, 7) is 0.307. The van der Waals surface area contributed by atoms with E-state index >= 15 is 0 Å². The molecule has 0 radical (unpaired) electrons. The number of carbonyl (C=O) groups excluding carboxylic acids is 4. The summed E-state index contributed by atoms with van der Waals surface area (Å²) in [5.74, 6) is -2.80. The van der Waals surface area contributed by atoms with Gasteiger partial charge in [-0.2, -0.15) is 25.3 Å². The number of methoxy groups -OCH3 is 2. The van der Waals surface area contributed by atoms with Gasteiger partial charge in [-0.15, -0.1) is 0 Å². The summed E-state index contributed by atoms with van der Waals surface area (Å²) < 4.78 is 20.1. The van der Waals surface area contributed by atoms with Crippen molar-refractivity contribution in [3.63, 3.8) is 0 Å². The highest BCUT2D eigenvalue weighted by Crippen LogP contribution is 2.37. The summed E-state index contributed by atoms with van der Waals surface area (Å²) in [7, 11) is 2.36. The molecule has 0 aliphatic carbocycles. The molecule has 11 nitrogen and oxygen atoms in total. The van der Waals surface area contributed by atoms with Crippen LogP contribution in [0.2, 0.25) is 0 Å². The number of thiol groups is 2. The van der Waals surface area contributed by atoms with Crippen LogP contribution in [0.4, 0.5) is 0 Å². The number of aromatic amines is 1. The Morgan fingerprint density at radius 3 is 1.59 bits per heavy atom. The van der Waals surface area contributed by atoms with Gasteiger partial charge in [0.15, 0.2) is 22.9 Å². The van der Waals surface area contributed by atoms with E-state index in [1.807, 2.05) is 0 Å². The van der Waals surface area contributed by atoms with Crippen molar-refractivity contribution in [3.8, 4) is 11.5 Å². The van der Waals surface area contributed by atoms with Gasteiger partial charge in [0.05, 0.1) is 14.2 Å². The van der Waals surface area contributed by atoms with E-state index in [1.165, 1.54) is 14.2 Å². The van der Waals surface area contributed by atoms with Crippen molar-refractivity contribution in [3.05, 3.63) is 11.4 Å². The number of amides is 2. The number of fused-ring (bicyclic) bond motifs is 1. The fraction of sp³-hybridized carbons (Fsp3) is 0.500. The second-order valence-corrected chi connectivity index (χ2v) is 6.42. The average Bonchev–Trinajstić information content (AvgIpc) is 3.14. The number of esters is 2. The predicted octanol–water partition coefficient (Wildman–Crippen LogP) is -0.812. The molecule has 13 heteroatoms. The van der Waals surface area contributed by atoms with Crippen molar-refractivity contribution in [1.82, 2.24) is 15.6 Å². The molecule has 2 amide bonds. The topological polar surface area (TPSA) is 145 Å². The lowest BCUT2D eigenvalue weighted by molar-refractivity contribution is -0.143. The molecule has 1 aromatic rings. The van der Waals surface area contributed by atoms with Crippen molar-refractivity contribution in [2.45, 2.75) is 12.1 Å². The summed E-state index contributed by atoms with van der Waals surface area (Å²) in [4.78, 5) is 51.3. The third-order valence-corrected chi connectivity index (χ3v) is 4.62. The van der Waals surface area contributed by atoms with Crippen molar-refractivity contribution in [1.29, 1.82) is 0 Å². The van der Waals surface area contributed by atoms with Gasteiger partial charge in [-0.1, -0.05) is 0 Å². The highest BCUT2D eigenvalue weighted by atomic mass is 32.1. The molecule has 3 N–H and O–H groups in total. The smallest absolute Gasteiger partial charge is 0.329 e. The molecule has 0 spiro atoms. The molecular formula is C16H21N3O8S2. The average molecular weight is 447 g/mol. The first kappa shape index (κ1) is 22.7. The monoisotopic (exact) mass is 447 g/mol. The van der Waals surface area contributed by atoms with Crippen LogP contribution in [-0.2, 0) is 19.1 Å². The van der Waals surface area contributed by atoms with Crippen LogP contribution in [0.5, 0.6) is 11.5 Å². The van der Waals surface area contributed by atoms with Crippen LogP contribution >= 0.6 is 25.3 Å². The number of H-pyrrole nitrogens is 1. The molecule has 1 aliphatic rings. The van der Waals surface area contributed by atoms with Gasteiger partial charge in [0.25, 0.3) is 11.8 Å². The van der Waals surface area contributed by atoms with Crippen molar-refractivity contribution in [2.24, 2.45) is 0 Å². The number of rotatable bonds is 8. The maximum atomic E-state index is 12.6. The normalized spacial score (nSPS) is 14.3. The fourth-order valence-corrected chi connectivity index (χ4v) is 2.93. The first-order valence-corrected chi connectivity index (χ1v) is 9.65. The first-order valence-electron chi connectivity index (χ1n) is 8.38. The van der Waals surface area contributed by atoms with Crippen LogP contribution in [0.3, 0.4) is 0 Å². The van der Waals surface area contributed by atoms with Gasteiger partial charge >= 0.3 is 11.9 Å². The molecule has 0 saturated carbocycles. The molecule has 0 bridgehead atoms. The highest BCUT2D eigenvalue weighted by molar-refractivity contribution is 7.80. The Morgan fingerprint density at radius 1 is 0.897 bits per heavy atom. The van der Waals surface area contributed by atoms with Crippen LogP contribution in [-0.4, -0.2) is 79.8 Å². The van der Waals surface area contributed by atoms with Gasteiger partial charge in [0.2, 0.25) is 0 Å². The maximum Gasteiger partial charge on any atom is 0.329 e. The van der Waals surface area contributed by atoms with Crippen molar-refractivity contribution in [2.75, 3.05) is 38.9 Å². The van der Waals surface area contributed by atoms with Gasteiger partial charge in [-0.05, 0) is 0 Å². The highest BCUT2D eigenvalue weighted by Gasteiger charge is 2.33. The van der Waals surface area contributed by atoms with Gasteiger partial charge < -0.3 is 34.6 Å². The molecule has 1 aliphatic heterocycles. The van der Waals surface area contributed by atoms with Gasteiger partial charge in [0, 0.05) is 11.5 Å². The molecule has 0 aromatic carbocycles. The summed E-state index contributed by atoms with van der Waals surface area (Å²) >= 11 is 8.02. The molecule has 160 valence electrons. The third kappa shape index (κ3) is 5.09. The van der Waals surface area contributed by atoms with Gasteiger partial charge in [-0.25, -0.2) is 9.59 Å². The molecule has 0 saturated heterocycles. The van der Waals surface area contributed by atoms with E-state index in [0.717, 1.165) is 0 Å². The lowest BCUT2D eigenvalue weighted by Crippen LogP contribution is -2.43. The second-order valence-electron chi connectivity index (χ2n) is 5.69. The molecule has 1 aromatic heterocycles. The van der Waals surface area contributed by atoms with Crippen LogP contribution in [0.1, 0.15) is 21.0 Å². The summed E-state index contributed by atoms with van der Waals surface area (Å²) in [5, 5.41) is 4.88. The number of ether oxygens (including phenoxy) is 4. The Hall–Kier alpha value is -2.54. The number of aromatic nitrogens is 1. The van der Waals surface area contributed by atoms with E-state index in [2.05, 4.69) is 50.3 Å². The second kappa shape index (κ2) is 10.3. The maximum absolute atomic E-state index is 12.6. The number of carbonyl (C=O) groups is 4. The lowest BCUT2D eigenvalue weighted by atomic mass is 10.2. The summed E-state index contributed by atoms with van der Waals surface area (Å²) in [6.07, 6.45) is 0. The molecule has 29 heavy (non-hydrogen) atoms. The zero-order valence-corrected chi connectivity index (χ0v) is 17.4. The Bertz CT molecular complexity index is 735. The number of hydrogen-bond acceptors (Lipinski definition) is 10. The summed E-state index contributed by atoms with van der Waals surface area (Å²) in [6, 6.07) is -2.02. The minimum atomic E-state index is -1.01. The summed E-state index contributed by atoms with van der Waals surface area (Å²) in [5.41, 5.74) is -0.248. The largest absolute Gasteiger partial charge is 0.484 e. The van der Waals surface area contributed by atoms with Crippen LogP contribution < -0.4 is 20.1 Å². The molecule has 2 unspecified atom stereocenters. The molecule has 2 rings (SSSR count). The first-order chi connectivity index (χ1) is 13.9. The van der Waals surface area contributed by atoms with Crippen LogP contribution in [0.15, 0.2) is 0 Å². The standard InChI is InChI=1S/C16H21N3O8S2/c1-24-15(22)7(5-28)17-13(20)9-11-12(27-4-3-26-11)10(19-9)14(21)18-8(6-29)16(23)25-2/h7-8,19,28-29H,3-6H2,1-2H3,(H,17,20)(H,18,21). The van der Waals surface area contributed by atoms with Gasteiger partial charge in [0.1, 0.15) is 25.3 Å². The van der Waals surface area contributed by atoms with Crippen LogP contribution in [0.25, 0.3) is 0 Å². The minimum absolute atomic E-state index is 0.00519. The Labute approximate surface area is 177 Å². The van der Waals surface area contributed by atoms with E-state index in [9.17, 15) is 19.2 Å². The van der Waals surface area contributed by atoms with E-state index in [-0.39, 0.29) is 47.6 Å². The van der Waals surface area contributed by atoms with Gasteiger partial charge in [-0.3, -0.25) is 9.59 Å². The zero-order valence-electron chi connectivity index (χ0n) is 15.6. The predicted molar refractivity (Wildman–Crippen MR) is 106 cm³/mol. The molecule has 2 heterocycles. The lowest BCUT2D eigenvalue weighted by Gasteiger charge is -2.18. The Balaban J connectivity index is 2.31. The van der Waals surface area contributed by atoms with E-state index in [0.29, 0.717) is 0 Å².